The van der Waals surface area contributed by atoms with E-state index in [1.807, 2.05) is 46.9 Å². The second kappa shape index (κ2) is 7.93. The van der Waals surface area contributed by atoms with Gasteiger partial charge in [0.1, 0.15) is 5.65 Å². The molecule has 3 heterocycles. The molecule has 4 aromatic rings. The summed E-state index contributed by atoms with van der Waals surface area (Å²) in [7, 11) is 0. The predicted molar refractivity (Wildman–Crippen MR) is 118 cm³/mol. The fourth-order valence-electron chi connectivity index (χ4n) is 3.65. The van der Waals surface area contributed by atoms with Crippen LogP contribution in [0.25, 0.3) is 27.6 Å². The zero-order valence-corrected chi connectivity index (χ0v) is 18.0. The van der Waals surface area contributed by atoms with Crippen LogP contribution < -0.4 is 5.32 Å². The number of carbonyl (C=O) groups excluding carboxylic acids is 1. The van der Waals surface area contributed by atoms with Gasteiger partial charge in [-0.1, -0.05) is 39.8 Å². The summed E-state index contributed by atoms with van der Waals surface area (Å²) in [5.41, 5.74) is 3.60. The Morgan fingerprint density at radius 3 is 3.00 bits per heavy atom. The van der Waals surface area contributed by atoms with Crippen LogP contribution in [0.4, 0.5) is 0 Å². The minimum Gasteiger partial charge on any atom is -0.376 e. The number of amides is 1. The van der Waals surface area contributed by atoms with Gasteiger partial charge in [0.05, 0.1) is 28.4 Å². The maximum atomic E-state index is 12.4. The molecule has 1 atom stereocenters. The SMILES string of the molecule is O=C(CSc1nc2ccc(Br)cc2c2nc3ccccc3n12)NC[C@@H]1CCCO1. The number of thioether (sulfide) groups is 1. The zero-order chi connectivity index (χ0) is 19.8. The summed E-state index contributed by atoms with van der Waals surface area (Å²) in [6.45, 7) is 1.36. The summed E-state index contributed by atoms with van der Waals surface area (Å²) in [4.78, 5) is 22.0. The number of rotatable bonds is 5. The molecule has 1 amide bonds. The lowest BCUT2D eigenvalue weighted by atomic mass is 10.2. The van der Waals surface area contributed by atoms with E-state index in [0.29, 0.717) is 12.3 Å². The van der Waals surface area contributed by atoms with Crippen LogP contribution in [0.15, 0.2) is 52.1 Å². The number of imidazole rings is 1. The maximum Gasteiger partial charge on any atom is 0.230 e. The molecule has 8 heteroatoms. The fourth-order valence-corrected chi connectivity index (χ4v) is 4.85. The molecule has 1 saturated heterocycles. The van der Waals surface area contributed by atoms with E-state index < -0.39 is 0 Å². The van der Waals surface area contributed by atoms with E-state index in [1.165, 1.54) is 11.8 Å². The molecule has 1 fully saturated rings. The second-order valence-electron chi connectivity index (χ2n) is 7.04. The lowest BCUT2D eigenvalue weighted by Crippen LogP contribution is -2.32. The third-order valence-corrected chi connectivity index (χ3v) is 6.48. The van der Waals surface area contributed by atoms with E-state index in [9.17, 15) is 4.79 Å². The standard InChI is InChI=1S/C21H19BrN4O2S/c22-13-7-8-16-15(10-13)20-24-17-5-1-2-6-18(17)26(20)21(25-16)29-12-19(27)23-11-14-4-3-9-28-14/h1-2,5-8,10,14H,3-4,9,11-12H2,(H,23,27)/t14-/m0/s1. The van der Waals surface area contributed by atoms with E-state index in [2.05, 4.69) is 21.2 Å². The van der Waals surface area contributed by atoms with E-state index in [-0.39, 0.29) is 12.0 Å². The van der Waals surface area contributed by atoms with Gasteiger partial charge in [0, 0.05) is 23.0 Å². The molecule has 5 rings (SSSR count). The average Bonchev–Trinajstić information content (AvgIpc) is 3.38. The van der Waals surface area contributed by atoms with Gasteiger partial charge in [-0.3, -0.25) is 9.20 Å². The molecular weight excluding hydrogens is 452 g/mol. The van der Waals surface area contributed by atoms with Gasteiger partial charge in [0.2, 0.25) is 5.91 Å². The number of hydrogen-bond donors (Lipinski definition) is 1. The van der Waals surface area contributed by atoms with Crippen molar-refractivity contribution in [3.63, 3.8) is 0 Å². The number of para-hydroxylation sites is 2. The molecular formula is C21H19BrN4O2S. The summed E-state index contributed by atoms with van der Waals surface area (Å²) < 4.78 is 8.59. The number of aromatic nitrogens is 3. The Morgan fingerprint density at radius 2 is 2.14 bits per heavy atom. The molecule has 0 aliphatic carbocycles. The third kappa shape index (κ3) is 3.72. The van der Waals surface area contributed by atoms with Gasteiger partial charge in [-0.2, -0.15) is 0 Å². The predicted octanol–water partition coefficient (Wildman–Crippen LogP) is 4.19. The van der Waals surface area contributed by atoms with Gasteiger partial charge in [0.25, 0.3) is 0 Å². The van der Waals surface area contributed by atoms with Crippen molar-refractivity contribution in [2.45, 2.75) is 24.1 Å². The Balaban J connectivity index is 1.48. The number of hydrogen-bond acceptors (Lipinski definition) is 5. The van der Waals surface area contributed by atoms with Crippen molar-refractivity contribution in [3.8, 4) is 0 Å². The monoisotopic (exact) mass is 470 g/mol. The molecule has 1 N–H and O–H groups in total. The van der Waals surface area contributed by atoms with Gasteiger partial charge in [-0.05, 0) is 43.2 Å². The van der Waals surface area contributed by atoms with Crippen molar-refractivity contribution in [1.82, 2.24) is 19.7 Å². The van der Waals surface area contributed by atoms with Crippen molar-refractivity contribution < 1.29 is 9.53 Å². The van der Waals surface area contributed by atoms with Crippen molar-refractivity contribution >= 4 is 61.2 Å². The van der Waals surface area contributed by atoms with Crippen molar-refractivity contribution in [1.29, 1.82) is 0 Å². The van der Waals surface area contributed by atoms with E-state index in [4.69, 9.17) is 14.7 Å². The molecule has 2 aromatic heterocycles. The van der Waals surface area contributed by atoms with Gasteiger partial charge < -0.3 is 10.1 Å². The number of halogens is 1. The quantitative estimate of drug-likeness (QED) is 0.349. The fraction of sp³-hybridized carbons (Fsp3) is 0.286. The molecule has 0 bridgehead atoms. The molecule has 0 radical (unpaired) electrons. The minimum absolute atomic E-state index is 0.0132. The molecule has 0 spiro atoms. The molecule has 6 nitrogen and oxygen atoms in total. The van der Waals surface area contributed by atoms with Crippen LogP contribution in [-0.2, 0) is 9.53 Å². The Hall–Kier alpha value is -2.16. The number of benzene rings is 2. The lowest BCUT2D eigenvalue weighted by molar-refractivity contribution is -0.119. The molecule has 1 aliphatic rings. The van der Waals surface area contributed by atoms with Crippen LogP contribution in [0.1, 0.15) is 12.8 Å². The summed E-state index contributed by atoms with van der Waals surface area (Å²) in [5.74, 6) is 0.282. The summed E-state index contributed by atoms with van der Waals surface area (Å²) >= 11 is 4.97. The lowest BCUT2D eigenvalue weighted by Gasteiger charge is -2.11. The number of ether oxygens (including phenoxy) is 1. The molecule has 2 aromatic carbocycles. The molecule has 0 unspecified atom stereocenters. The first kappa shape index (κ1) is 18.8. The van der Waals surface area contributed by atoms with E-state index >= 15 is 0 Å². The number of nitrogens with zero attached hydrogens (tertiary/aromatic N) is 3. The van der Waals surface area contributed by atoms with Gasteiger partial charge in [-0.25, -0.2) is 9.97 Å². The molecule has 148 valence electrons. The minimum atomic E-state index is -0.0132. The van der Waals surface area contributed by atoms with Crippen LogP contribution in [0.3, 0.4) is 0 Å². The number of nitrogens with one attached hydrogen (secondary N) is 1. The highest BCUT2D eigenvalue weighted by Gasteiger charge is 2.18. The highest BCUT2D eigenvalue weighted by Crippen LogP contribution is 2.30. The van der Waals surface area contributed by atoms with Gasteiger partial charge in [0.15, 0.2) is 5.16 Å². The smallest absolute Gasteiger partial charge is 0.230 e. The van der Waals surface area contributed by atoms with Gasteiger partial charge in [-0.15, -0.1) is 0 Å². The highest BCUT2D eigenvalue weighted by atomic mass is 79.9. The average molecular weight is 471 g/mol. The van der Waals surface area contributed by atoms with Crippen molar-refractivity contribution in [2.24, 2.45) is 0 Å². The van der Waals surface area contributed by atoms with E-state index in [0.717, 1.165) is 56.7 Å². The second-order valence-corrected chi connectivity index (χ2v) is 8.90. The summed E-state index contributed by atoms with van der Waals surface area (Å²) in [6, 6.07) is 14.0. The van der Waals surface area contributed by atoms with E-state index in [1.54, 1.807) is 0 Å². The van der Waals surface area contributed by atoms with Crippen molar-refractivity contribution in [2.75, 3.05) is 18.9 Å². The maximum absolute atomic E-state index is 12.4. The third-order valence-electron chi connectivity index (χ3n) is 5.05. The van der Waals surface area contributed by atoms with Crippen molar-refractivity contribution in [3.05, 3.63) is 46.9 Å². The Bertz CT molecular complexity index is 1220. The van der Waals surface area contributed by atoms with Crippen LogP contribution in [0.2, 0.25) is 0 Å². The molecule has 0 saturated carbocycles. The van der Waals surface area contributed by atoms with Crippen LogP contribution >= 0.6 is 27.7 Å². The molecule has 1 aliphatic heterocycles. The van der Waals surface area contributed by atoms with Crippen LogP contribution in [-0.4, -0.2) is 45.3 Å². The first-order valence-corrected chi connectivity index (χ1v) is 11.3. The zero-order valence-electron chi connectivity index (χ0n) is 15.6. The largest absolute Gasteiger partial charge is 0.376 e. The number of fused-ring (bicyclic) bond motifs is 5. The van der Waals surface area contributed by atoms with Crippen LogP contribution in [0, 0.1) is 0 Å². The Labute approximate surface area is 180 Å². The normalized spacial score (nSPS) is 16.8. The van der Waals surface area contributed by atoms with Crippen LogP contribution in [0.5, 0.6) is 0 Å². The summed E-state index contributed by atoms with van der Waals surface area (Å²) in [5, 5.41) is 4.71. The first-order chi connectivity index (χ1) is 14.2. The molecule has 29 heavy (non-hydrogen) atoms. The summed E-state index contributed by atoms with van der Waals surface area (Å²) in [6.07, 6.45) is 2.22. The first-order valence-electron chi connectivity index (χ1n) is 9.56. The number of carbonyl (C=O) groups is 1. The Morgan fingerprint density at radius 1 is 1.24 bits per heavy atom. The highest BCUT2D eigenvalue weighted by molar-refractivity contribution is 9.10. The Kier molecular flexibility index (Phi) is 5.15. The topological polar surface area (TPSA) is 68.5 Å². The van der Waals surface area contributed by atoms with Gasteiger partial charge >= 0.3 is 0 Å².